The third kappa shape index (κ3) is 12.2. The number of unbranched alkanes of at least 4 members (excludes halogenated alkanes) is 2. The first-order valence-corrected chi connectivity index (χ1v) is 8.99. The fourth-order valence-electron chi connectivity index (χ4n) is 2.20. The predicted octanol–water partition coefficient (Wildman–Crippen LogP) is 1.47. The average Bonchev–Trinajstić information content (AvgIpc) is 2.61. The number of ether oxygens (including phenoxy) is 1. The van der Waals surface area contributed by atoms with Gasteiger partial charge >= 0.3 is 5.97 Å². The maximum absolute atomic E-state index is 12.2. The Morgan fingerprint density at radius 1 is 1.19 bits per heavy atom. The van der Waals surface area contributed by atoms with E-state index in [1.54, 1.807) is 13.0 Å². The first-order valence-electron chi connectivity index (χ1n) is 8.99. The maximum atomic E-state index is 12.2. The number of amides is 2. The van der Waals surface area contributed by atoms with E-state index in [2.05, 4.69) is 23.8 Å². The number of esters is 1. The molecule has 0 saturated carbocycles. The van der Waals surface area contributed by atoms with E-state index in [-0.39, 0.29) is 50.0 Å². The molecule has 0 fully saturated rings. The van der Waals surface area contributed by atoms with Gasteiger partial charge in [-0.15, -0.1) is 13.2 Å². The Bertz CT molecular complexity index is 465. The summed E-state index contributed by atoms with van der Waals surface area (Å²) in [6, 6.07) is -0.360. The van der Waals surface area contributed by atoms with Crippen LogP contribution in [0.2, 0.25) is 0 Å². The molecule has 0 aromatic heterocycles. The van der Waals surface area contributed by atoms with Gasteiger partial charge in [-0.1, -0.05) is 12.2 Å². The molecule has 0 aromatic carbocycles. The Morgan fingerprint density at radius 2 is 1.92 bits per heavy atom. The summed E-state index contributed by atoms with van der Waals surface area (Å²) in [4.78, 5) is 35.5. The first-order chi connectivity index (χ1) is 12.4. The molecule has 148 valence electrons. The summed E-state index contributed by atoms with van der Waals surface area (Å²) < 4.78 is 5.05. The summed E-state index contributed by atoms with van der Waals surface area (Å²) >= 11 is 0. The van der Waals surface area contributed by atoms with Crippen LogP contribution in [-0.4, -0.2) is 48.7 Å². The Hall–Kier alpha value is -2.15. The van der Waals surface area contributed by atoms with Crippen molar-refractivity contribution in [1.29, 1.82) is 0 Å². The third-order valence-electron chi connectivity index (χ3n) is 3.64. The number of rotatable bonds is 15. The number of carbonyl (C=O) groups is 3. The van der Waals surface area contributed by atoms with E-state index >= 15 is 0 Å². The highest BCUT2D eigenvalue weighted by atomic mass is 16.5. The minimum absolute atomic E-state index is 0.00524. The van der Waals surface area contributed by atoms with E-state index in [0.717, 1.165) is 19.3 Å². The monoisotopic (exact) mass is 368 g/mol. The second kappa shape index (κ2) is 15.1. The van der Waals surface area contributed by atoms with Crippen LogP contribution >= 0.6 is 0 Å². The van der Waals surface area contributed by atoms with E-state index in [4.69, 9.17) is 9.84 Å². The minimum atomic E-state index is -0.548. The van der Waals surface area contributed by atoms with Crippen molar-refractivity contribution in [3.8, 4) is 0 Å². The average molecular weight is 368 g/mol. The SMILES string of the molecule is C=CCCCCC(=O)OCCNC(=O)C(CC=C)CC(=O)NC(C)CO. The van der Waals surface area contributed by atoms with Crippen LogP contribution in [0.4, 0.5) is 0 Å². The Morgan fingerprint density at radius 3 is 2.54 bits per heavy atom. The summed E-state index contributed by atoms with van der Waals surface area (Å²) in [7, 11) is 0. The van der Waals surface area contributed by atoms with Gasteiger partial charge in [-0.3, -0.25) is 14.4 Å². The van der Waals surface area contributed by atoms with E-state index < -0.39 is 5.92 Å². The first kappa shape index (κ1) is 23.9. The molecule has 0 aromatic rings. The molecule has 0 aliphatic carbocycles. The van der Waals surface area contributed by atoms with Gasteiger partial charge in [-0.05, 0) is 32.6 Å². The maximum Gasteiger partial charge on any atom is 0.305 e. The number of allylic oxidation sites excluding steroid dienone is 2. The Balaban J connectivity index is 4.10. The van der Waals surface area contributed by atoms with E-state index in [9.17, 15) is 14.4 Å². The van der Waals surface area contributed by atoms with Gasteiger partial charge < -0.3 is 20.5 Å². The van der Waals surface area contributed by atoms with Crippen LogP contribution in [0, 0.1) is 5.92 Å². The van der Waals surface area contributed by atoms with Crippen molar-refractivity contribution in [3.05, 3.63) is 25.3 Å². The summed E-state index contributed by atoms with van der Waals surface area (Å²) in [6.45, 7) is 9.02. The molecule has 7 heteroatoms. The summed E-state index contributed by atoms with van der Waals surface area (Å²) in [6.07, 6.45) is 6.63. The number of nitrogens with one attached hydrogen (secondary N) is 2. The van der Waals surface area contributed by atoms with Gasteiger partial charge in [0.2, 0.25) is 11.8 Å². The molecule has 0 aliphatic rings. The van der Waals surface area contributed by atoms with Crippen molar-refractivity contribution in [3.63, 3.8) is 0 Å². The highest BCUT2D eigenvalue weighted by Gasteiger charge is 2.21. The van der Waals surface area contributed by atoms with Crippen LogP contribution in [0.3, 0.4) is 0 Å². The fraction of sp³-hybridized carbons (Fsp3) is 0.632. The molecule has 2 amide bonds. The molecule has 0 bridgehead atoms. The lowest BCUT2D eigenvalue weighted by molar-refractivity contribution is -0.144. The smallest absolute Gasteiger partial charge is 0.305 e. The highest BCUT2D eigenvalue weighted by Crippen LogP contribution is 2.10. The van der Waals surface area contributed by atoms with Crippen LogP contribution in [0.5, 0.6) is 0 Å². The number of hydrogen-bond acceptors (Lipinski definition) is 5. The van der Waals surface area contributed by atoms with Gasteiger partial charge in [0.15, 0.2) is 0 Å². The molecular weight excluding hydrogens is 336 g/mol. The van der Waals surface area contributed by atoms with Crippen molar-refractivity contribution < 1.29 is 24.2 Å². The molecule has 0 radical (unpaired) electrons. The second-order valence-corrected chi connectivity index (χ2v) is 6.12. The Labute approximate surface area is 155 Å². The van der Waals surface area contributed by atoms with Crippen molar-refractivity contribution in [2.75, 3.05) is 19.8 Å². The normalized spacial score (nSPS) is 12.5. The van der Waals surface area contributed by atoms with Crippen molar-refractivity contribution in [2.45, 2.75) is 51.5 Å². The standard InChI is InChI=1S/C19H32N2O5/c1-4-6-7-8-10-18(24)26-12-11-20-19(25)16(9-5-2)13-17(23)21-15(3)14-22/h4-5,15-16,22H,1-2,6-14H2,3H3,(H,20,25)(H,21,23). The van der Waals surface area contributed by atoms with Crippen molar-refractivity contribution >= 4 is 17.8 Å². The molecular formula is C19H32N2O5. The summed E-state index contributed by atoms with van der Waals surface area (Å²) in [5.41, 5.74) is 0. The Kier molecular flexibility index (Phi) is 13.9. The number of aliphatic hydroxyl groups excluding tert-OH is 1. The molecule has 0 saturated heterocycles. The second-order valence-electron chi connectivity index (χ2n) is 6.12. The summed E-state index contributed by atoms with van der Waals surface area (Å²) in [5, 5.41) is 14.2. The zero-order valence-corrected chi connectivity index (χ0v) is 15.7. The predicted molar refractivity (Wildman–Crippen MR) is 100 cm³/mol. The molecule has 7 nitrogen and oxygen atoms in total. The lowest BCUT2D eigenvalue weighted by Gasteiger charge is -2.17. The molecule has 0 rings (SSSR count). The molecule has 2 unspecified atom stereocenters. The lowest BCUT2D eigenvalue weighted by Crippen LogP contribution is -2.39. The van der Waals surface area contributed by atoms with Gasteiger partial charge in [-0.2, -0.15) is 0 Å². The molecule has 0 heterocycles. The van der Waals surface area contributed by atoms with E-state index in [1.165, 1.54) is 0 Å². The van der Waals surface area contributed by atoms with Gasteiger partial charge in [-0.25, -0.2) is 0 Å². The topological polar surface area (TPSA) is 105 Å². The minimum Gasteiger partial charge on any atom is -0.464 e. The van der Waals surface area contributed by atoms with Crippen LogP contribution < -0.4 is 10.6 Å². The van der Waals surface area contributed by atoms with Crippen LogP contribution in [0.15, 0.2) is 25.3 Å². The van der Waals surface area contributed by atoms with Crippen molar-refractivity contribution in [1.82, 2.24) is 10.6 Å². The van der Waals surface area contributed by atoms with Crippen LogP contribution in [0.25, 0.3) is 0 Å². The third-order valence-corrected chi connectivity index (χ3v) is 3.64. The number of hydrogen-bond donors (Lipinski definition) is 3. The van der Waals surface area contributed by atoms with Gasteiger partial charge in [0, 0.05) is 18.9 Å². The van der Waals surface area contributed by atoms with Gasteiger partial charge in [0.05, 0.1) is 19.1 Å². The van der Waals surface area contributed by atoms with Gasteiger partial charge in [0.25, 0.3) is 0 Å². The fourth-order valence-corrected chi connectivity index (χ4v) is 2.20. The molecule has 0 spiro atoms. The number of carbonyl (C=O) groups excluding carboxylic acids is 3. The molecule has 0 aliphatic heterocycles. The zero-order valence-electron chi connectivity index (χ0n) is 15.7. The van der Waals surface area contributed by atoms with Crippen LogP contribution in [-0.2, 0) is 19.1 Å². The van der Waals surface area contributed by atoms with E-state index in [0.29, 0.717) is 12.8 Å². The highest BCUT2D eigenvalue weighted by molar-refractivity contribution is 5.86. The number of aliphatic hydroxyl groups is 1. The van der Waals surface area contributed by atoms with Gasteiger partial charge in [0.1, 0.15) is 6.61 Å². The quantitative estimate of drug-likeness (QED) is 0.231. The lowest BCUT2D eigenvalue weighted by atomic mass is 9.99. The van der Waals surface area contributed by atoms with E-state index in [1.807, 2.05) is 6.08 Å². The molecule has 26 heavy (non-hydrogen) atoms. The summed E-state index contributed by atoms with van der Waals surface area (Å²) in [5.74, 6) is -1.44. The molecule has 3 N–H and O–H groups in total. The van der Waals surface area contributed by atoms with Crippen LogP contribution in [0.1, 0.15) is 45.4 Å². The largest absolute Gasteiger partial charge is 0.464 e. The molecule has 2 atom stereocenters. The zero-order chi connectivity index (χ0) is 19.8. The van der Waals surface area contributed by atoms with Crippen molar-refractivity contribution in [2.24, 2.45) is 5.92 Å².